The molecule has 0 aliphatic carbocycles. The van der Waals surface area contributed by atoms with Crippen LogP contribution >= 0.6 is 0 Å². The van der Waals surface area contributed by atoms with Crippen molar-refractivity contribution in [3.8, 4) is 6.07 Å². The molecule has 0 saturated carbocycles. The maximum absolute atomic E-state index is 12.0. The molecule has 1 fully saturated rings. The molecule has 2 rings (SSSR count). The van der Waals surface area contributed by atoms with E-state index in [-0.39, 0.29) is 5.91 Å². The van der Waals surface area contributed by atoms with Crippen molar-refractivity contribution in [1.29, 1.82) is 5.26 Å². The van der Waals surface area contributed by atoms with Crippen LogP contribution in [0.15, 0.2) is 16.7 Å². The standard InChI is InChI=1S/C11H12N2O3/c1-8-4-9(7-16-8)11(14)13-2-3-15-10(5-12)6-13/h4,7,10H,2-3,6H2,1H3. The van der Waals surface area contributed by atoms with Gasteiger partial charge in [-0.3, -0.25) is 4.79 Å². The molecule has 5 heteroatoms. The minimum atomic E-state index is -0.523. The lowest BCUT2D eigenvalue weighted by atomic mass is 10.2. The summed E-state index contributed by atoms with van der Waals surface area (Å²) in [6.07, 6.45) is 0.916. The number of ether oxygens (including phenoxy) is 1. The van der Waals surface area contributed by atoms with Gasteiger partial charge in [-0.15, -0.1) is 0 Å². The SMILES string of the molecule is Cc1cc(C(=O)N2CCOC(C#N)C2)co1. The van der Waals surface area contributed by atoms with Gasteiger partial charge in [-0.1, -0.05) is 0 Å². The average Bonchev–Trinajstić information content (AvgIpc) is 2.75. The quantitative estimate of drug-likeness (QED) is 0.706. The normalized spacial score (nSPS) is 20.5. The molecule has 1 saturated heterocycles. The van der Waals surface area contributed by atoms with Crippen LogP contribution in [0.1, 0.15) is 16.1 Å². The van der Waals surface area contributed by atoms with Crippen LogP contribution in [0.25, 0.3) is 0 Å². The van der Waals surface area contributed by atoms with Gasteiger partial charge in [-0.25, -0.2) is 0 Å². The van der Waals surface area contributed by atoms with Crippen molar-refractivity contribution < 1.29 is 13.9 Å². The van der Waals surface area contributed by atoms with E-state index in [2.05, 4.69) is 0 Å². The van der Waals surface area contributed by atoms with E-state index in [9.17, 15) is 4.79 Å². The summed E-state index contributed by atoms with van der Waals surface area (Å²) in [5.74, 6) is 0.592. The van der Waals surface area contributed by atoms with Gasteiger partial charge in [0, 0.05) is 6.54 Å². The molecule has 1 amide bonds. The largest absolute Gasteiger partial charge is 0.469 e. The smallest absolute Gasteiger partial charge is 0.257 e. The van der Waals surface area contributed by atoms with Gasteiger partial charge in [0.15, 0.2) is 6.10 Å². The van der Waals surface area contributed by atoms with E-state index >= 15 is 0 Å². The van der Waals surface area contributed by atoms with E-state index in [1.807, 2.05) is 6.07 Å². The number of rotatable bonds is 1. The van der Waals surface area contributed by atoms with Crippen LogP contribution in [-0.4, -0.2) is 36.6 Å². The van der Waals surface area contributed by atoms with Gasteiger partial charge < -0.3 is 14.1 Å². The Kier molecular flexibility index (Phi) is 2.93. The number of carbonyl (C=O) groups is 1. The second kappa shape index (κ2) is 4.37. The average molecular weight is 220 g/mol. The van der Waals surface area contributed by atoms with Crippen molar-refractivity contribution in [2.45, 2.75) is 13.0 Å². The fraction of sp³-hybridized carbons (Fsp3) is 0.455. The zero-order chi connectivity index (χ0) is 11.5. The molecule has 5 nitrogen and oxygen atoms in total. The zero-order valence-electron chi connectivity index (χ0n) is 8.97. The van der Waals surface area contributed by atoms with Crippen molar-refractivity contribution in [3.63, 3.8) is 0 Å². The van der Waals surface area contributed by atoms with Crippen molar-refractivity contribution in [2.75, 3.05) is 19.7 Å². The van der Waals surface area contributed by atoms with Crippen LogP contribution in [0.2, 0.25) is 0 Å². The second-order valence-electron chi connectivity index (χ2n) is 3.69. The number of amides is 1. The Bertz CT molecular complexity index is 433. The summed E-state index contributed by atoms with van der Waals surface area (Å²) in [5.41, 5.74) is 0.524. The van der Waals surface area contributed by atoms with Gasteiger partial charge in [-0.05, 0) is 13.0 Å². The highest BCUT2D eigenvalue weighted by atomic mass is 16.5. The van der Waals surface area contributed by atoms with E-state index in [1.54, 1.807) is 17.9 Å². The molecule has 1 atom stereocenters. The molecule has 0 spiro atoms. The highest BCUT2D eigenvalue weighted by molar-refractivity contribution is 5.94. The fourth-order valence-electron chi connectivity index (χ4n) is 1.65. The summed E-state index contributed by atoms with van der Waals surface area (Å²) >= 11 is 0. The molecule has 16 heavy (non-hydrogen) atoms. The first-order valence-corrected chi connectivity index (χ1v) is 5.06. The molecule has 0 aromatic carbocycles. The first-order valence-electron chi connectivity index (χ1n) is 5.06. The summed E-state index contributed by atoms with van der Waals surface area (Å²) < 4.78 is 10.3. The Hall–Kier alpha value is -1.80. The fourth-order valence-corrected chi connectivity index (χ4v) is 1.65. The molecule has 1 aliphatic rings. The third-order valence-corrected chi connectivity index (χ3v) is 2.48. The third-order valence-electron chi connectivity index (χ3n) is 2.48. The molecule has 1 unspecified atom stereocenters. The summed E-state index contributed by atoms with van der Waals surface area (Å²) in [4.78, 5) is 13.6. The Morgan fingerprint density at radius 3 is 3.12 bits per heavy atom. The van der Waals surface area contributed by atoms with Crippen LogP contribution < -0.4 is 0 Å². The molecule has 2 heterocycles. The first kappa shape index (κ1) is 10.7. The topological polar surface area (TPSA) is 66.5 Å². The van der Waals surface area contributed by atoms with Crippen LogP contribution in [0, 0.1) is 18.3 Å². The highest BCUT2D eigenvalue weighted by Gasteiger charge is 2.25. The highest BCUT2D eigenvalue weighted by Crippen LogP contribution is 2.12. The summed E-state index contributed by atoms with van der Waals surface area (Å²) in [5, 5.41) is 8.73. The van der Waals surface area contributed by atoms with Gasteiger partial charge in [0.1, 0.15) is 12.0 Å². The van der Waals surface area contributed by atoms with Crippen molar-refractivity contribution in [3.05, 3.63) is 23.7 Å². The van der Waals surface area contributed by atoms with E-state index < -0.39 is 6.10 Å². The van der Waals surface area contributed by atoms with Crippen molar-refractivity contribution >= 4 is 5.91 Å². The summed E-state index contributed by atoms with van der Waals surface area (Å²) in [6, 6.07) is 3.70. The second-order valence-corrected chi connectivity index (χ2v) is 3.69. The molecule has 0 bridgehead atoms. The van der Waals surface area contributed by atoms with Gasteiger partial charge in [0.25, 0.3) is 5.91 Å². The van der Waals surface area contributed by atoms with Crippen molar-refractivity contribution in [1.82, 2.24) is 4.90 Å². The van der Waals surface area contributed by atoms with E-state index in [0.29, 0.717) is 31.0 Å². The number of nitriles is 1. The minimum Gasteiger partial charge on any atom is -0.469 e. The number of carbonyl (C=O) groups excluding carboxylic acids is 1. The number of nitrogens with zero attached hydrogens (tertiary/aromatic N) is 2. The number of hydrogen-bond acceptors (Lipinski definition) is 4. The molecule has 1 aromatic rings. The third kappa shape index (κ3) is 2.07. The molecular formula is C11H12N2O3. The molecule has 84 valence electrons. The van der Waals surface area contributed by atoms with E-state index in [1.165, 1.54) is 6.26 Å². The van der Waals surface area contributed by atoms with Crippen molar-refractivity contribution in [2.24, 2.45) is 0 Å². The van der Waals surface area contributed by atoms with Crippen LogP contribution in [-0.2, 0) is 4.74 Å². The maximum Gasteiger partial charge on any atom is 0.257 e. The lowest BCUT2D eigenvalue weighted by molar-refractivity contribution is 0.00343. The molecular weight excluding hydrogens is 208 g/mol. The molecule has 0 radical (unpaired) electrons. The predicted molar refractivity (Wildman–Crippen MR) is 54.7 cm³/mol. The number of morpholine rings is 1. The minimum absolute atomic E-state index is 0.111. The van der Waals surface area contributed by atoms with Gasteiger partial charge >= 0.3 is 0 Å². The zero-order valence-corrected chi connectivity index (χ0v) is 8.97. The Morgan fingerprint density at radius 1 is 1.69 bits per heavy atom. The summed E-state index contributed by atoms with van der Waals surface area (Å²) in [7, 11) is 0. The number of furan rings is 1. The Morgan fingerprint density at radius 2 is 2.50 bits per heavy atom. The van der Waals surface area contributed by atoms with Crippen LogP contribution in [0.4, 0.5) is 0 Å². The van der Waals surface area contributed by atoms with Gasteiger partial charge in [0.05, 0.1) is 24.8 Å². The first-order chi connectivity index (χ1) is 7.70. The van der Waals surface area contributed by atoms with Gasteiger partial charge in [0.2, 0.25) is 0 Å². The number of hydrogen-bond donors (Lipinski definition) is 0. The van der Waals surface area contributed by atoms with Crippen LogP contribution in [0.5, 0.6) is 0 Å². The number of aryl methyl sites for hydroxylation is 1. The van der Waals surface area contributed by atoms with Crippen LogP contribution in [0.3, 0.4) is 0 Å². The van der Waals surface area contributed by atoms with Gasteiger partial charge in [-0.2, -0.15) is 5.26 Å². The van der Waals surface area contributed by atoms with E-state index in [0.717, 1.165) is 0 Å². The monoisotopic (exact) mass is 220 g/mol. The Labute approximate surface area is 93.2 Å². The molecule has 1 aromatic heterocycles. The Balaban J connectivity index is 2.08. The molecule has 1 aliphatic heterocycles. The van der Waals surface area contributed by atoms with E-state index in [4.69, 9.17) is 14.4 Å². The lowest BCUT2D eigenvalue weighted by Gasteiger charge is -2.29. The maximum atomic E-state index is 12.0. The summed E-state index contributed by atoms with van der Waals surface area (Å²) in [6.45, 7) is 3.02. The molecule has 0 N–H and O–H groups in total. The lowest BCUT2D eigenvalue weighted by Crippen LogP contribution is -2.45. The predicted octanol–water partition coefficient (Wildman–Crippen LogP) is 0.953.